The third-order valence-electron chi connectivity index (χ3n) is 3.83. The number of nitrogens with zero attached hydrogens (tertiary/aromatic N) is 2. The molecule has 6 nitrogen and oxygen atoms in total. The van der Waals surface area contributed by atoms with Gasteiger partial charge in [-0.3, -0.25) is 16.3 Å². The highest BCUT2D eigenvalue weighted by Crippen LogP contribution is 2.27. The Morgan fingerprint density at radius 2 is 2.33 bits per heavy atom. The minimum absolute atomic E-state index is 0.0670. The number of sulfonamides is 1. The van der Waals surface area contributed by atoms with Crippen LogP contribution in [0.4, 0.5) is 0 Å². The summed E-state index contributed by atoms with van der Waals surface area (Å²) >= 11 is 3.36. The molecule has 2 rings (SSSR count). The van der Waals surface area contributed by atoms with Crippen molar-refractivity contribution in [3.05, 3.63) is 28.5 Å². The maximum absolute atomic E-state index is 11.7. The molecule has 1 aromatic heterocycles. The summed E-state index contributed by atoms with van der Waals surface area (Å²) in [4.78, 5) is 4.36. The Morgan fingerprint density at radius 1 is 1.57 bits per heavy atom. The molecule has 1 aliphatic rings. The lowest BCUT2D eigenvalue weighted by Gasteiger charge is -2.32. The lowest BCUT2D eigenvalue weighted by Crippen LogP contribution is -2.41. The van der Waals surface area contributed by atoms with E-state index in [0.29, 0.717) is 19.0 Å². The van der Waals surface area contributed by atoms with E-state index in [-0.39, 0.29) is 6.04 Å². The SMILES string of the molecule is CS(=O)(=O)N1CCCC(CC(NN)c2ccc(Br)cn2)C1. The van der Waals surface area contributed by atoms with Crippen LogP contribution in [0.3, 0.4) is 0 Å². The predicted molar refractivity (Wildman–Crippen MR) is 85.8 cm³/mol. The number of aromatic nitrogens is 1. The highest BCUT2D eigenvalue weighted by molar-refractivity contribution is 9.10. The smallest absolute Gasteiger partial charge is 0.211 e. The predicted octanol–water partition coefficient (Wildman–Crippen LogP) is 1.41. The van der Waals surface area contributed by atoms with Crippen LogP contribution >= 0.6 is 15.9 Å². The highest BCUT2D eigenvalue weighted by Gasteiger charge is 2.28. The Labute approximate surface area is 134 Å². The maximum atomic E-state index is 11.7. The van der Waals surface area contributed by atoms with E-state index in [4.69, 9.17) is 5.84 Å². The Balaban J connectivity index is 2.03. The summed E-state index contributed by atoms with van der Waals surface area (Å²) in [6, 6.07) is 3.78. The summed E-state index contributed by atoms with van der Waals surface area (Å²) in [5.41, 5.74) is 3.67. The number of hydrogen-bond acceptors (Lipinski definition) is 5. The van der Waals surface area contributed by atoms with Crippen molar-refractivity contribution < 1.29 is 8.42 Å². The molecule has 2 unspecified atom stereocenters. The van der Waals surface area contributed by atoms with Gasteiger partial charge in [0.05, 0.1) is 18.0 Å². The average Bonchev–Trinajstić information content (AvgIpc) is 2.45. The van der Waals surface area contributed by atoms with Crippen LogP contribution in [0.25, 0.3) is 0 Å². The van der Waals surface area contributed by atoms with Crippen molar-refractivity contribution in [2.75, 3.05) is 19.3 Å². The topological polar surface area (TPSA) is 88.3 Å². The zero-order valence-electron chi connectivity index (χ0n) is 12.0. The van der Waals surface area contributed by atoms with Gasteiger partial charge in [-0.15, -0.1) is 0 Å². The summed E-state index contributed by atoms with van der Waals surface area (Å²) in [7, 11) is -3.11. The van der Waals surface area contributed by atoms with E-state index < -0.39 is 10.0 Å². The van der Waals surface area contributed by atoms with Gasteiger partial charge in [0.15, 0.2) is 0 Å². The molecule has 0 amide bonds. The van der Waals surface area contributed by atoms with Gasteiger partial charge in [0.25, 0.3) is 0 Å². The summed E-state index contributed by atoms with van der Waals surface area (Å²) in [5.74, 6) is 5.94. The maximum Gasteiger partial charge on any atom is 0.211 e. The standard InChI is InChI=1S/C13H21BrN4O2S/c1-21(19,20)18-6-2-3-10(9-18)7-13(17-15)12-5-4-11(14)8-16-12/h4-5,8,10,13,17H,2-3,6-7,9,15H2,1H3. The van der Waals surface area contributed by atoms with Gasteiger partial charge in [0, 0.05) is 23.8 Å². The van der Waals surface area contributed by atoms with E-state index in [1.165, 1.54) is 6.26 Å². The van der Waals surface area contributed by atoms with Crippen LogP contribution in [-0.4, -0.2) is 37.1 Å². The van der Waals surface area contributed by atoms with Crippen LogP contribution < -0.4 is 11.3 Å². The normalized spacial score (nSPS) is 22.1. The van der Waals surface area contributed by atoms with Crippen LogP contribution in [0.5, 0.6) is 0 Å². The van der Waals surface area contributed by atoms with Crippen LogP contribution in [-0.2, 0) is 10.0 Å². The van der Waals surface area contributed by atoms with Crippen LogP contribution in [0.1, 0.15) is 31.0 Å². The Hall–Kier alpha value is -0.540. The lowest BCUT2D eigenvalue weighted by molar-refractivity contribution is 0.237. The van der Waals surface area contributed by atoms with Crippen molar-refractivity contribution in [1.29, 1.82) is 0 Å². The molecule has 0 bridgehead atoms. The summed E-state index contributed by atoms with van der Waals surface area (Å²) in [5, 5.41) is 0. The molecular formula is C13H21BrN4O2S. The molecule has 118 valence electrons. The molecule has 0 spiro atoms. The fraction of sp³-hybridized carbons (Fsp3) is 0.615. The molecule has 1 aromatic rings. The largest absolute Gasteiger partial charge is 0.271 e. The number of nitrogens with one attached hydrogen (secondary N) is 1. The van der Waals surface area contributed by atoms with E-state index in [1.54, 1.807) is 10.5 Å². The molecule has 1 aliphatic heterocycles. The first-order valence-corrected chi connectivity index (χ1v) is 9.57. The van der Waals surface area contributed by atoms with Gasteiger partial charge in [-0.05, 0) is 53.2 Å². The average molecular weight is 377 g/mol. The molecule has 1 saturated heterocycles. The minimum atomic E-state index is -3.11. The van der Waals surface area contributed by atoms with E-state index in [1.807, 2.05) is 12.1 Å². The van der Waals surface area contributed by atoms with Gasteiger partial charge in [-0.1, -0.05) is 0 Å². The first kappa shape index (κ1) is 16.8. The molecule has 8 heteroatoms. The number of pyridine rings is 1. The second kappa shape index (κ2) is 7.15. The van der Waals surface area contributed by atoms with E-state index in [0.717, 1.165) is 29.4 Å². The number of rotatable bonds is 5. The van der Waals surface area contributed by atoms with E-state index in [2.05, 4.69) is 26.3 Å². The second-order valence-corrected chi connectivity index (χ2v) is 8.38. The van der Waals surface area contributed by atoms with Crippen molar-refractivity contribution in [3.63, 3.8) is 0 Å². The fourth-order valence-electron chi connectivity index (χ4n) is 2.72. The molecule has 0 radical (unpaired) electrons. The number of nitrogens with two attached hydrogens (primary N) is 1. The summed E-state index contributed by atoms with van der Waals surface area (Å²) < 4.78 is 25.8. The lowest BCUT2D eigenvalue weighted by atomic mass is 9.91. The first-order valence-electron chi connectivity index (χ1n) is 6.93. The van der Waals surface area contributed by atoms with Crippen molar-refractivity contribution in [2.24, 2.45) is 11.8 Å². The van der Waals surface area contributed by atoms with Crippen LogP contribution in [0, 0.1) is 5.92 Å². The second-order valence-electron chi connectivity index (χ2n) is 5.49. The molecule has 2 heterocycles. The highest BCUT2D eigenvalue weighted by atomic mass is 79.9. The molecule has 1 fully saturated rings. The van der Waals surface area contributed by atoms with Crippen LogP contribution in [0.2, 0.25) is 0 Å². The molecule has 3 N–H and O–H groups in total. The van der Waals surface area contributed by atoms with Gasteiger partial charge in [-0.25, -0.2) is 12.7 Å². The summed E-state index contributed by atoms with van der Waals surface area (Å²) in [6.07, 6.45) is 5.69. The molecule has 21 heavy (non-hydrogen) atoms. The third kappa shape index (κ3) is 4.72. The number of hydrazine groups is 1. The van der Waals surface area contributed by atoms with Crippen LogP contribution in [0.15, 0.2) is 22.8 Å². The first-order chi connectivity index (χ1) is 9.90. The van der Waals surface area contributed by atoms with Gasteiger partial charge in [0.1, 0.15) is 0 Å². The zero-order valence-corrected chi connectivity index (χ0v) is 14.4. The molecule has 0 aliphatic carbocycles. The molecule has 0 saturated carbocycles. The van der Waals surface area contributed by atoms with Crippen molar-refractivity contribution in [1.82, 2.24) is 14.7 Å². The van der Waals surface area contributed by atoms with Gasteiger partial charge < -0.3 is 0 Å². The quantitative estimate of drug-likeness (QED) is 0.598. The molecule has 2 atom stereocenters. The number of halogens is 1. The van der Waals surface area contributed by atoms with Crippen molar-refractivity contribution in [2.45, 2.75) is 25.3 Å². The number of hydrogen-bond donors (Lipinski definition) is 2. The third-order valence-corrected chi connectivity index (χ3v) is 5.57. The Morgan fingerprint density at radius 3 is 2.90 bits per heavy atom. The van der Waals surface area contributed by atoms with Crippen molar-refractivity contribution >= 4 is 26.0 Å². The monoisotopic (exact) mass is 376 g/mol. The van der Waals surface area contributed by atoms with Gasteiger partial charge in [-0.2, -0.15) is 0 Å². The van der Waals surface area contributed by atoms with Gasteiger partial charge in [0.2, 0.25) is 10.0 Å². The van der Waals surface area contributed by atoms with Crippen molar-refractivity contribution in [3.8, 4) is 0 Å². The van der Waals surface area contributed by atoms with E-state index in [9.17, 15) is 8.42 Å². The fourth-order valence-corrected chi connectivity index (χ4v) is 3.90. The summed E-state index contributed by atoms with van der Waals surface area (Å²) in [6.45, 7) is 1.18. The molecule has 0 aromatic carbocycles. The zero-order chi connectivity index (χ0) is 15.5. The van der Waals surface area contributed by atoms with E-state index >= 15 is 0 Å². The minimum Gasteiger partial charge on any atom is -0.271 e. The molecular weight excluding hydrogens is 356 g/mol. The Bertz CT molecular complexity index is 564. The number of piperidine rings is 1. The Kier molecular flexibility index (Phi) is 5.73. The van der Waals surface area contributed by atoms with Gasteiger partial charge >= 0.3 is 0 Å².